The molecule has 1 aromatic heterocycles. The van der Waals surface area contributed by atoms with Crippen LogP contribution < -0.4 is 10.6 Å². The summed E-state index contributed by atoms with van der Waals surface area (Å²) in [5.74, 6) is 0.0101. The molecule has 1 atom stereocenters. The van der Waals surface area contributed by atoms with Crippen molar-refractivity contribution in [3.05, 3.63) is 35.5 Å². The first-order valence-corrected chi connectivity index (χ1v) is 9.32. The van der Waals surface area contributed by atoms with Gasteiger partial charge in [0.1, 0.15) is 6.04 Å². The highest BCUT2D eigenvalue weighted by Crippen LogP contribution is 2.24. The van der Waals surface area contributed by atoms with Gasteiger partial charge < -0.3 is 15.5 Å². The molecule has 2 aromatic rings. The quantitative estimate of drug-likeness (QED) is 0.830. The number of carbonyl (C=O) groups excluding carboxylic acids is 1. The van der Waals surface area contributed by atoms with Gasteiger partial charge in [-0.25, -0.2) is 0 Å². The average molecular weight is 361 g/mol. The number of likely N-dealkylation sites (tertiary alicyclic amines) is 1. The highest BCUT2D eigenvalue weighted by atomic mass is 35.5. The van der Waals surface area contributed by atoms with Gasteiger partial charge in [-0.15, -0.1) is 0 Å². The molecule has 0 radical (unpaired) electrons. The maximum Gasteiger partial charge on any atom is 0.242 e. The van der Waals surface area contributed by atoms with E-state index in [-0.39, 0.29) is 11.9 Å². The van der Waals surface area contributed by atoms with Crippen LogP contribution in [0.4, 0.5) is 5.69 Å². The Bertz CT molecular complexity index is 730. The van der Waals surface area contributed by atoms with Crippen molar-refractivity contribution in [2.75, 3.05) is 31.5 Å². The molecule has 0 bridgehead atoms. The topological polar surface area (TPSA) is 57.3 Å². The standard InChI is InChI=1S/C19H25ClN4O/c1-14(19(25)22-9-12-24-10-3-2-4-11-24)23-17-7-8-21-18-13-15(20)5-6-16(17)18/h5-8,13-14H,2-4,9-12H2,1H3,(H,21,23)(H,22,25)/t14-/m0/s1. The van der Waals surface area contributed by atoms with Crippen molar-refractivity contribution < 1.29 is 4.79 Å². The number of nitrogens with zero attached hydrogens (tertiary/aromatic N) is 2. The van der Waals surface area contributed by atoms with Gasteiger partial charge in [0.15, 0.2) is 0 Å². The van der Waals surface area contributed by atoms with E-state index in [4.69, 9.17) is 11.6 Å². The molecule has 5 nitrogen and oxygen atoms in total. The fourth-order valence-corrected chi connectivity index (χ4v) is 3.39. The number of fused-ring (bicyclic) bond motifs is 1. The molecule has 1 aliphatic rings. The number of carbonyl (C=O) groups is 1. The van der Waals surface area contributed by atoms with Crippen molar-refractivity contribution in [3.8, 4) is 0 Å². The van der Waals surface area contributed by atoms with Gasteiger partial charge in [0, 0.05) is 35.4 Å². The molecule has 134 valence electrons. The molecule has 1 amide bonds. The zero-order valence-electron chi connectivity index (χ0n) is 14.6. The molecule has 0 unspecified atom stereocenters. The van der Waals surface area contributed by atoms with Crippen LogP contribution in [0.1, 0.15) is 26.2 Å². The van der Waals surface area contributed by atoms with Crippen molar-refractivity contribution in [1.82, 2.24) is 15.2 Å². The number of hydrogen-bond acceptors (Lipinski definition) is 4. The van der Waals surface area contributed by atoms with Crippen LogP contribution in [0.25, 0.3) is 10.9 Å². The number of pyridine rings is 1. The van der Waals surface area contributed by atoms with Gasteiger partial charge in [0.05, 0.1) is 5.52 Å². The summed E-state index contributed by atoms with van der Waals surface area (Å²) in [7, 11) is 0. The summed E-state index contributed by atoms with van der Waals surface area (Å²) >= 11 is 6.02. The first-order chi connectivity index (χ1) is 12.1. The zero-order chi connectivity index (χ0) is 17.6. The second-order valence-corrected chi connectivity index (χ2v) is 7.02. The van der Waals surface area contributed by atoms with Crippen molar-refractivity contribution in [3.63, 3.8) is 0 Å². The van der Waals surface area contributed by atoms with E-state index in [2.05, 4.69) is 20.5 Å². The van der Waals surface area contributed by atoms with E-state index >= 15 is 0 Å². The van der Waals surface area contributed by atoms with Gasteiger partial charge in [-0.1, -0.05) is 18.0 Å². The van der Waals surface area contributed by atoms with Crippen molar-refractivity contribution in [1.29, 1.82) is 0 Å². The Morgan fingerprint density at radius 1 is 1.28 bits per heavy atom. The van der Waals surface area contributed by atoms with E-state index in [1.165, 1.54) is 19.3 Å². The summed E-state index contributed by atoms with van der Waals surface area (Å²) in [4.78, 5) is 19.1. The Hall–Kier alpha value is -1.85. The Labute approximate surface area is 153 Å². The van der Waals surface area contributed by atoms with Gasteiger partial charge in [-0.05, 0) is 57.1 Å². The Balaban J connectivity index is 1.54. The number of nitrogens with one attached hydrogen (secondary N) is 2. The predicted octanol–water partition coefficient (Wildman–Crippen LogP) is 3.29. The van der Waals surface area contributed by atoms with Gasteiger partial charge in [0.25, 0.3) is 0 Å². The normalized spacial score (nSPS) is 16.6. The van der Waals surface area contributed by atoms with E-state index in [1.807, 2.05) is 31.2 Å². The monoisotopic (exact) mass is 360 g/mol. The minimum absolute atomic E-state index is 0.0101. The van der Waals surface area contributed by atoms with Gasteiger partial charge in [-0.3, -0.25) is 9.78 Å². The Kier molecular flexibility index (Phi) is 6.10. The lowest BCUT2D eigenvalue weighted by molar-refractivity contribution is -0.121. The zero-order valence-corrected chi connectivity index (χ0v) is 15.4. The molecule has 0 spiro atoms. The number of halogens is 1. The van der Waals surface area contributed by atoms with Gasteiger partial charge >= 0.3 is 0 Å². The highest BCUT2D eigenvalue weighted by molar-refractivity contribution is 6.31. The molecular formula is C19H25ClN4O. The molecule has 1 saturated heterocycles. The maximum absolute atomic E-state index is 12.4. The third kappa shape index (κ3) is 4.83. The van der Waals surface area contributed by atoms with Crippen molar-refractivity contribution in [2.45, 2.75) is 32.2 Å². The summed E-state index contributed by atoms with van der Waals surface area (Å²) in [6.07, 6.45) is 5.59. The number of rotatable bonds is 6. The number of amides is 1. The summed E-state index contributed by atoms with van der Waals surface area (Å²) in [5.41, 5.74) is 1.70. The number of piperidine rings is 1. The molecule has 2 N–H and O–H groups in total. The lowest BCUT2D eigenvalue weighted by atomic mass is 10.1. The fourth-order valence-electron chi connectivity index (χ4n) is 3.22. The van der Waals surface area contributed by atoms with E-state index in [0.29, 0.717) is 11.6 Å². The SMILES string of the molecule is C[C@H](Nc1ccnc2cc(Cl)ccc12)C(=O)NCCN1CCCCC1. The van der Waals surface area contributed by atoms with Crippen LogP contribution in [0, 0.1) is 0 Å². The van der Waals surface area contributed by atoms with E-state index < -0.39 is 0 Å². The van der Waals surface area contributed by atoms with Gasteiger partial charge in [0.2, 0.25) is 5.91 Å². The number of hydrogen-bond donors (Lipinski definition) is 2. The number of anilines is 1. The minimum Gasteiger partial charge on any atom is -0.373 e. The van der Waals surface area contributed by atoms with Gasteiger partial charge in [-0.2, -0.15) is 0 Å². The van der Waals surface area contributed by atoms with Crippen LogP contribution in [0.5, 0.6) is 0 Å². The third-order valence-electron chi connectivity index (χ3n) is 4.65. The minimum atomic E-state index is -0.317. The maximum atomic E-state index is 12.4. The highest BCUT2D eigenvalue weighted by Gasteiger charge is 2.15. The Morgan fingerprint density at radius 2 is 2.08 bits per heavy atom. The van der Waals surface area contributed by atoms with Crippen molar-refractivity contribution >= 4 is 34.1 Å². The second kappa shape index (κ2) is 8.50. The molecule has 0 saturated carbocycles. The lowest BCUT2D eigenvalue weighted by Gasteiger charge is -2.26. The van der Waals surface area contributed by atoms with Crippen LogP contribution in [0.15, 0.2) is 30.5 Å². The lowest BCUT2D eigenvalue weighted by Crippen LogP contribution is -2.42. The summed E-state index contributed by atoms with van der Waals surface area (Å²) < 4.78 is 0. The molecule has 1 aromatic carbocycles. The summed E-state index contributed by atoms with van der Waals surface area (Å²) in [5, 5.41) is 7.92. The summed E-state index contributed by atoms with van der Waals surface area (Å²) in [6, 6.07) is 7.15. The molecule has 6 heteroatoms. The second-order valence-electron chi connectivity index (χ2n) is 6.58. The first kappa shape index (κ1) is 18.0. The molecule has 25 heavy (non-hydrogen) atoms. The fraction of sp³-hybridized carbons (Fsp3) is 0.474. The largest absolute Gasteiger partial charge is 0.373 e. The van der Waals surface area contributed by atoms with Crippen LogP contribution in [0.2, 0.25) is 5.02 Å². The molecule has 1 fully saturated rings. The molecule has 0 aliphatic carbocycles. The number of aromatic nitrogens is 1. The first-order valence-electron chi connectivity index (χ1n) is 8.94. The van der Waals surface area contributed by atoms with Crippen molar-refractivity contribution in [2.24, 2.45) is 0 Å². The van der Waals surface area contributed by atoms with Crippen LogP contribution >= 0.6 is 11.6 Å². The van der Waals surface area contributed by atoms with E-state index in [9.17, 15) is 4.79 Å². The smallest absolute Gasteiger partial charge is 0.242 e. The van der Waals surface area contributed by atoms with Crippen LogP contribution in [-0.2, 0) is 4.79 Å². The van der Waals surface area contributed by atoms with E-state index in [1.54, 1.807) is 6.20 Å². The van der Waals surface area contributed by atoms with E-state index in [0.717, 1.165) is 36.2 Å². The van der Waals surface area contributed by atoms with Crippen LogP contribution in [0.3, 0.4) is 0 Å². The molecule has 3 rings (SSSR count). The molecule has 1 aliphatic heterocycles. The predicted molar refractivity (Wildman–Crippen MR) is 103 cm³/mol. The Morgan fingerprint density at radius 3 is 2.88 bits per heavy atom. The third-order valence-corrected chi connectivity index (χ3v) is 4.88. The van der Waals surface area contributed by atoms with Crippen LogP contribution in [-0.4, -0.2) is 48.0 Å². The molecule has 2 heterocycles. The average Bonchev–Trinajstić information content (AvgIpc) is 2.62. The number of benzene rings is 1. The molecular weight excluding hydrogens is 336 g/mol. The summed E-state index contributed by atoms with van der Waals surface area (Å²) in [6.45, 7) is 5.79.